The van der Waals surface area contributed by atoms with E-state index in [1.807, 2.05) is 0 Å². The lowest BCUT2D eigenvalue weighted by Gasteiger charge is -2.35. The van der Waals surface area contributed by atoms with Crippen LogP contribution >= 0.6 is 0 Å². The Kier molecular flexibility index (Phi) is 4.88. The molecule has 1 aliphatic rings. The van der Waals surface area contributed by atoms with E-state index in [1.54, 1.807) is 0 Å². The molecule has 0 radical (unpaired) electrons. The zero-order valence-electron chi connectivity index (χ0n) is 19.4. The molecule has 4 nitrogen and oxygen atoms in total. The van der Waals surface area contributed by atoms with Crippen molar-refractivity contribution in [1.82, 2.24) is 8.96 Å². The Morgan fingerprint density at radius 1 is 0.862 bits per heavy atom. The molecule has 0 spiro atoms. The smallest absolute Gasteiger partial charge is 0.444 e. The molecular formula is C24H35BN4. The molecule has 1 aliphatic heterocycles. The van der Waals surface area contributed by atoms with E-state index < -0.39 is 7.12 Å². The SMILES string of the molecule is CCc1c(C)c2n(c1C)[BH-]([n+]1ccc(N(C)C)cc1)n1c(C)c(CC)c(C)c1C2. The van der Waals surface area contributed by atoms with Gasteiger partial charge in [-0.2, -0.15) is 0 Å². The molecule has 0 atom stereocenters. The maximum absolute atomic E-state index is 2.67. The van der Waals surface area contributed by atoms with Crippen LogP contribution in [-0.2, 0) is 19.3 Å². The van der Waals surface area contributed by atoms with Gasteiger partial charge in [0.1, 0.15) is 12.4 Å². The highest BCUT2D eigenvalue weighted by Gasteiger charge is 2.34. The molecule has 3 aromatic heterocycles. The van der Waals surface area contributed by atoms with Crippen LogP contribution in [0.2, 0.25) is 0 Å². The van der Waals surface area contributed by atoms with E-state index in [0.29, 0.717) is 0 Å². The minimum atomic E-state index is -0.987. The van der Waals surface area contributed by atoms with E-state index >= 15 is 0 Å². The van der Waals surface area contributed by atoms with E-state index in [-0.39, 0.29) is 0 Å². The monoisotopic (exact) mass is 390 g/mol. The summed E-state index contributed by atoms with van der Waals surface area (Å²) >= 11 is 0. The average molecular weight is 390 g/mol. The maximum Gasteiger partial charge on any atom is 0.472 e. The molecular weight excluding hydrogens is 355 g/mol. The predicted molar refractivity (Wildman–Crippen MR) is 124 cm³/mol. The lowest BCUT2D eigenvalue weighted by Crippen LogP contribution is -2.63. The fourth-order valence-corrected chi connectivity index (χ4v) is 5.85. The Labute approximate surface area is 175 Å². The van der Waals surface area contributed by atoms with Crippen LogP contribution in [0.15, 0.2) is 24.5 Å². The number of pyridine rings is 1. The summed E-state index contributed by atoms with van der Waals surface area (Å²) in [6.07, 6.45) is 7.78. The molecule has 0 aromatic carbocycles. The van der Waals surface area contributed by atoms with Crippen LogP contribution in [0, 0.1) is 27.7 Å². The fraction of sp³-hybridized carbons (Fsp3) is 0.458. The fourth-order valence-electron chi connectivity index (χ4n) is 5.85. The van der Waals surface area contributed by atoms with Crippen molar-refractivity contribution in [3.63, 3.8) is 0 Å². The molecule has 3 aromatic rings. The molecule has 0 saturated carbocycles. The van der Waals surface area contributed by atoms with Gasteiger partial charge >= 0.3 is 7.12 Å². The van der Waals surface area contributed by atoms with Crippen LogP contribution in [-0.4, -0.2) is 30.2 Å². The summed E-state index contributed by atoms with van der Waals surface area (Å²) in [5.41, 5.74) is 13.2. The molecule has 0 bridgehead atoms. The van der Waals surface area contributed by atoms with E-state index in [9.17, 15) is 0 Å². The number of aromatic nitrogens is 3. The van der Waals surface area contributed by atoms with Gasteiger partial charge in [0, 0.05) is 38.3 Å². The number of hydrogen-bond acceptors (Lipinski definition) is 1. The molecule has 5 heteroatoms. The summed E-state index contributed by atoms with van der Waals surface area (Å²) in [6, 6.07) is 4.47. The molecule has 0 aliphatic carbocycles. The van der Waals surface area contributed by atoms with Crippen molar-refractivity contribution in [2.75, 3.05) is 19.0 Å². The van der Waals surface area contributed by atoms with Gasteiger partial charge in [-0.05, 0) is 85.6 Å². The molecule has 0 fully saturated rings. The van der Waals surface area contributed by atoms with Crippen molar-refractivity contribution in [1.29, 1.82) is 0 Å². The van der Waals surface area contributed by atoms with Crippen molar-refractivity contribution in [3.05, 3.63) is 69.6 Å². The lowest BCUT2D eigenvalue weighted by atomic mass is 9.85. The molecule has 0 saturated heterocycles. The zero-order chi connectivity index (χ0) is 21.0. The van der Waals surface area contributed by atoms with Crippen LogP contribution in [0.3, 0.4) is 0 Å². The molecule has 154 valence electrons. The van der Waals surface area contributed by atoms with Crippen LogP contribution < -0.4 is 9.38 Å². The van der Waals surface area contributed by atoms with Gasteiger partial charge in [-0.1, -0.05) is 13.8 Å². The highest BCUT2D eigenvalue weighted by atomic mass is 15.2. The van der Waals surface area contributed by atoms with Gasteiger partial charge in [-0.15, -0.1) is 0 Å². The van der Waals surface area contributed by atoms with Gasteiger partial charge in [0.05, 0.1) is 0 Å². The van der Waals surface area contributed by atoms with Crippen molar-refractivity contribution in [3.8, 4) is 0 Å². The normalized spacial score (nSPS) is 13.5. The number of nitrogens with zero attached hydrogens (tertiary/aromatic N) is 4. The zero-order valence-corrected chi connectivity index (χ0v) is 19.4. The summed E-state index contributed by atoms with van der Waals surface area (Å²) in [7, 11) is 3.21. The maximum atomic E-state index is 2.67. The third-order valence-corrected chi connectivity index (χ3v) is 7.43. The van der Waals surface area contributed by atoms with Gasteiger partial charge in [-0.3, -0.25) is 0 Å². The van der Waals surface area contributed by atoms with Crippen molar-refractivity contribution in [2.45, 2.75) is 60.8 Å². The highest BCUT2D eigenvalue weighted by molar-refractivity contribution is 6.47. The summed E-state index contributed by atoms with van der Waals surface area (Å²) < 4.78 is 7.79. The van der Waals surface area contributed by atoms with Crippen molar-refractivity contribution >= 4 is 12.8 Å². The van der Waals surface area contributed by atoms with E-state index in [4.69, 9.17) is 0 Å². The number of rotatable bonds is 4. The minimum Gasteiger partial charge on any atom is -0.444 e. The largest absolute Gasteiger partial charge is 0.472 e. The third-order valence-electron chi connectivity index (χ3n) is 7.43. The second kappa shape index (κ2) is 7.12. The first-order valence-electron chi connectivity index (χ1n) is 11.0. The average Bonchev–Trinajstić information content (AvgIpc) is 3.10. The third kappa shape index (κ3) is 2.77. The summed E-state index contributed by atoms with van der Waals surface area (Å²) in [4.78, 5) is 2.16. The van der Waals surface area contributed by atoms with Crippen LogP contribution in [0.5, 0.6) is 0 Å². The Morgan fingerprint density at radius 2 is 1.31 bits per heavy atom. The quantitative estimate of drug-likeness (QED) is 0.487. The van der Waals surface area contributed by atoms with Gasteiger partial charge in [0.25, 0.3) is 0 Å². The highest BCUT2D eigenvalue weighted by Crippen LogP contribution is 2.33. The van der Waals surface area contributed by atoms with E-state index in [2.05, 4.69) is 98.5 Å². The van der Waals surface area contributed by atoms with E-state index in [0.717, 1.165) is 19.3 Å². The first-order chi connectivity index (χ1) is 13.8. The Hall–Kier alpha value is -2.43. The van der Waals surface area contributed by atoms with Crippen molar-refractivity contribution < 1.29 is 4.48 Å². The number of anilines is 1. The van der Waals surface area contributed by atoms with Crippen LogP contribution in [0.4, 0.5) is 5.69 Å². The molecule has 0 amide bonds. The van der Waals surface area contributed by atoms with Gasteiger partial charge in [0.2, 0.25) is 0 Å². The minimum absolute atomic E-state index is 0.987. The second-order valence-electron chi connectivity index (χ2n) is 8.90. The standard InChI is InChI=1S/C24H35BN4/c1-9-21-16(3)23-15-24-17(4)22(10-2)19(6)29(24)25(28(23)18(21)5)27-13-11-20(12-14-27)26(7)8/h11-14,25H,9-10,15H2,1-8H3. The Balaban J connectivity index is 2.01. The van der Waals surface area contributed by atoms with Crippen LogP contribution in [0.1, 0.15) is 58.9 Å². The Morgan fingerprint density at radius 3 is 1.69 bits per heavy atom. The molecule has 0 unspecified atom stereocenters. The van der Waals surface area contributed by atoms with Crippen molar-refractivity contribution in [2.24, 2.45) is 0 Å². The molecule has 29 heavy (non-hydrogen) atoms. The first kappa shape index (κ1) is 19.9. The second-order valence-corrected chi connectivity index (χ2v) is 8.90. The van der Waals surface area contributed by atoms with Gasteiger partial charge in [0.15, 0.2) is 0 Å². The molecule has 0 N–H and O–H groups in total. The first-order valence-corrected chi connectivity index (χ1v) is 11.0. The number of hydrogen-bond donors (Lipinski definition) is 0. The lowest BCUT2D eigenvalue weighted by molar-refractivity contribution is -0.543. The van der Waals surface area contributed by atoms with Gasteiger partial charge < -0.3 is 18.3 Å². The Bertz CT molecular complexity index is 1010. The van der Waals surface area contributed by atoms with Crippen LogP contribution in [0.25, 0.3) is 0 Å². The molecule has 4 rings (SSSR count). The van der Waals surface area contributed by atoms with Gasteiger partial charge in [-0.25, -0.2) is 0 Å². The summed E-state index contributed by atoms with van der Waals surface area (Å²) in [5, 5.41) is 0. The number of fused-ring (bicyclic) bond motifs is 2. The van der Waals surface area contributed by atoms with E-state index in [1.165, 1.54) is 50.7 Å². The summed E-state index contributed by atoms with van der Waals surface area (Å²) in [5.74, 6) is 0. The topological polar surface area (TPSA) is 17.0 Å². The predicted octanol–water partition coefficient (Wildman–Crippen LogP) is 3.57. The summed E-state index contributed by atoms with van der Waals surface area (Å²) in [6.45, 7) is 13.9. The molecule has 4 heterocycles.